The largest absolute Gasteiger partial charge is 0.462 e. The highest BCUT2D eigenvalue weighted by Crippen LogP contribution is 2.15. The number of nitrogens with two attached hydrogens (primary N) is 1. The molecule has 0 unspecified atom stereocenters. The number of aliphatic hydroxyl groups is 1. The van der Waals surface area contributed by atoms with E-state index in [9.17, 15) is 9.59 Å². The van der Waals surface area contributed by atoms with Crippen molar-refractivity contribution < 1.29 is 14.7 Å². The lowest BCUT2D eigenvalue weighted by molar-refractivity contribution is -0.108. The molecule has 0 bridgehead atoms. The minimum Gasteiger partial charge on any atom is -0.462 e. The molecule has 0 aromatic rings. The van der Waals surface area contributed by atoms with Crippen molar-refractivity contribution in [2.45, 2.75) is 258 Å². The molecule has 5 heteroatoms. The van der Waals surface area contributed by atoms with Gasteiger partial charge in [-0.25, -0.2) is 0 Å². The predicted octanol–water partition coefficient (Wildman–Crippen LogP) is 14.7. The fourth-order valence-corrected chi connectivity index (χ4v) is 6.80. The van der Waals surface area contributed by atoms with E-state index < -0.39 is 0 Å². The molecule has 0 saturated heterocycles. The highest BCUT2D eigenvalue weighted by molar-refractivity contribution is 5.49. The van der Waals surface area contributed by atoms with E-state index in [1.165, 1.54) is 238 Å². The number of hydrogen-bond acceptors (Lipinski definition) is 5. The van der Waals surface area contributed by atoms with Gasteiger partial charge in [-0.05, 0) is 52.4 Å². The van der Waals surface area contributed by atoms with Crippen molar-refractivity contribution in [3.05, 3.63) is 0 Å². The van der Waals surface area contributed by atoms with Crippen LogP contribution in [0.25, 0.3) is 0 Å². The van der Waals surface area contributed by atoms with Crippen molar-refractivity contribution in [3.8, 4) is 12.5 Å². The minimum atomic E-state index is 0.730. The van der Waals surface area contributed by atoms with Gasteiger partial charge in [0, 0.05) is 12.8 Å². The molecule has 0 aliphatic carbocycles. The highest BCUT2D eigenvalue weighted by Gasteiger charge is 2.05. The molecule has 0 aliphatic heterocycles. The molecular formula is C48H98N2O3. The van der Waals surface area contributed by atoms with Gasteiger partial charge < -0.3 is 25.3 Å². The zero-order valence-corrected chi connectivity index (χ0v) is 36.8. The molecule has 53 heavy (non-hydrogen) atoms. The molecule has 0 amide bonds. The summed E-state index contributed by atoms with van der Waals surface area (Å²) in [6.45, 7) is 10.4. The Morgan fingerprint density at radius 2 is 0.585 bits per heavy atom. The van der Waals surface area contributed by atoms with Gasteiger partial charge in [0.15, 0.2) is 0 Å². The average Bonchev–Trinajstić information content (AvgIpc) is 3.17. The lowest BCUT2D eigenvalue weighted by Gasteiger charge is -2.22. The Labute approximate surface area is 334 Å². The topological polar surface area (TPSA) is 83.6 Å². The van der Waals surface area contributed by atoms with E-state index >= 15 is 0 Å². The zero-order valence-electron chi connectivity index (χ0n) is 36.8. The number of rotatable bonds is 41. The van der Waals surface area contributed by atoms with E-state index in [4.69, 9.17) is 5.11 Å². The molecule has 0 saturated carbocycles. The van der Waals surface area contributed by atoms with Crippen molar-refractivity contribution in [2.75, 3.05) is 26.7 Å². The number of aliphatic hydroxyl groups excluding tert-OH is 1. The predicted molar refractivity (Wildman–Crippen MR) is 237 cm³/mol. The summed E-state index contributed by atoms with van der Waals surface area (Å²) in [6, 6.07) is 0. The van der Waals surface area contributed by atoms with Gasteiger partial charge in [0.1, 0.15) is 18.7 Å². The standard InChI is InChI=1S/C36H73NO.C9H18O.C2H2O.CH5N/c1-3-5-7-9-11-13-15-17-19-21-23-25-27-29-33-37(35-31-32-36-38)34-30-28-26-24-22-20-18-16-14-12-10-8-6-4-2;1-2-3-4-5-6-7-8-9-10;1-2-3;1-2/h36H,3-35H2,1-2H3;9H,2-8H2,1H3;1,3H;2H2,1H3. The van der Waals surface area contributed by atoms with Gasteiger partial charge in [0.2, 0.25) is 0 Å². The van der Waals surface area contributed by atoms with Gasteiger partial charge in [-0.3, -0.25) is 0 Å². The first-order chi connectivity index (χ1) is 26.2. The van der Waals surface area contributed by atoms with E-state index in [0.717, 1.165) is 44.8 Å². The number of terminal acetylenes is 1. The molecule has 0 aromatic heterocycles. The smallest absolute Gasteiger partial charge is 0.120 e. The van der Waals surface area contributed by atoms with Gasteiger partial charge in [-0.15, -0.1) is 0 Å². The lowest BCUT2D eigenvalue weighted by Crippen LogP contribution is -2.27. The SMILES string of the molecule is C#CO.CCCCCCCCC=O.CCCCCCCCCCCCCCCCN(CCCC=O)CCCCCCCCCCCCCCCC.CN. The van der Waals surface area contributed by atoms with Crippen LogP contribution in [-0.2, 0) is 9.59 Å². The monoisotopic (exact) mass is 751 g/mol. The summed E-state index contributed by atoms with van der Waals surface area (Å²) in [5.74, 6) is 0. The van der Waals surface area contributed by atoms with Crippen LogP contribution in [0.4, 0.5) is 0 Å². The van der Waals surface area contributed by atoms with E-state index in [1.807, 2.05) is 0 Å². The van der Waals surface area contributed by atoms with E-state index in [1.54, 1.807) is 0 Å². The van der Waals surface area contributed by atoms with Crippen molar-refractivity contribution >= 4 is 12.6 Å². The van der Waals surface area contributed by atoms with Gasteiger partial charge in [0.05, 0.1) is 0 Å². The fourth-order valence-electron chi connectivity index (χ4n) is 6.80. The highest BCUT2D eigenvalue weighted by atomic mass is 16.2. The van der Waals surface area contributed by atoms with Crippen LogP contribution in [0.5, 0.6) is 0 Å². The number of aldehydes is 2. The second kappa shape index (κ2) is 62.6. The first kappa shape index (κ1) is 58.3. The average molecular weight is 751 g/mol. The summed E-state index contributed by atoms with van der Waals surface area (Å²) in [5.41, 5.74) is 4.50. The molecule has 0 spiro atoms. The summed E-state index contributed by atoms with van der Waals surface area (Å²) in [6.07, 6.45) is 57.7. The van der Waals surface area contributed by atoms with Gasteiger partial charge in [0.25, 0.3) is 0 Å². The van der Waals surface area contributed by atoms with E-state index in [0.29, 0.717) is 0 Å². The summed E-state index contributed by atoms with van der Waals surface area (Å²) in [5, 5.41) is 7.10. The number of nitrogens with zero attached hydrogens (tertiary/aromatic N) is 1. The van der Waals surface area contributed by atoms with Crippen LogP contribution in [0.2, 0.25) is 0 Å². The van der Waals surface area contributed by atoms with Crippen molar-refractivity contribution in [1.82, 2.24) is 4.90 Å². The molecular weight excluding hydrogens is 653 g/mol. The molecule has 0 heterocycles. The maximum Gasteiger partial charge on any atom is 0.120 e. The Hall–Kier alpha value is -1.38. The molecule has 3 N–H and O–H groups in total. The van der Waals surface area contributed by atoms with Crippen LogP contribution in [0.15, 0.2) is 0 Å². The molecule has 5 nitrogen and oxygen atoms in total. The first-order valence-electron chi connectivity index (χ1n) is 23.4. The third-order valence-corrected chi connectivity index (χ3v) is 10.1. The Kier molecular flexibility index (Phi) is 68.9. The van der Waals surface area contributed by atoms with E-state index in [-0.39, 0.29) is 0 Å². The number of hydrogen-bond donors (Lipinski definition) is 2. The molecule has 318 valence electrons. The van der Waals surface area contributed by atoms with Crippen molar-refractivity contribution in [2.24, 2.45) is 5.73 Å². The van der Waals surface area contributed by atoms with Crippen LogP contribution in [0, 0.1) is 12.5 Å². The summed E-state index contributed by atoms with van der Waals surface area (Å²) in [7, 11) is 1.50. The van der Waals surface area contributed by atoms with Gasteiger partial charge in [-0.2, -0.15) is 0 Å². The zero-order chi connectivity index (χ0) is 40.0. The normalized spacial score (nSPS) is 10.4. The summed E-state index contributed by atoms with van der Waals surface area (Å²) < 4.78 is 0. The molecule has 0 aromatic carbocycles. The lowest BCUT2D eigenvalue weighted by atomic mass is 10.0. The molecule has 0 atom stereocenters. The Morgan fingerprint density at radius 1 is 0.396 bits per heavy atom. The summed E-state index contributed by atoms with van der Waals surface area (Å²) in [4.78, 5) is 23.3. The first-order valence-corrected chi connectivity index (χ1v) is 23.4. The summed E-state index contributed by atoms with van der Waals surface area (Å²) >= 11 is 0. The molecule has 0 rings (SSSR count). The van der Waals surface area contributed by atoms with Crippen LogP contribution < -0.4 is 5.73 Å². The van der Waals surface area contributed by atoms with Crippen LogP contribution in [0.3, 0.4) is 0 Å². The second-order valence-electron chi connectivity index (χ2n) is 15.2. The number of unbranched alkanes of at least 4 members (excludes halogenated alkanes) is 33. The fraction of sp³-hybridized carbons (Fsp3) is 0.917. The van der Waals surface area contributed by atoms with Crippen molar-refractivity contribution in [1.29, 1.82) is 0 Å². The van der Waals surface area contributed by atoms with E-state index in [2.05, 4.69) is 37.8 Å². The number of carbonyl (C=O) groups excluding carboxylic acids is 2. The van der Waals surface area contributed by atoms with Crippen LogP contribution in [0.1, 0.15) is 258 Å². The Morgan fingerprint density at radius 3 is 0.830 bits per heavy atom. The van der Waals surface area contributed by atoms with Crippen molar-refractivity contribution in [3.63, 3.8) is 0 Å². The number of carbonyl (C=O) groups is 2. The second-order valence-corrected chi connectivity index (χ2v) is 15.2. The Bertz CT molecular complexity index is 619. The third kappa shape index (κ3) is 65.9. The van der Waals surface area contributed by atoms with Crippen LogP contribution >= 0.6 is 0 Å². The quantitative estimate of drug-likeness (QED) is 0.0369. The van der Waals surface area contributed by atoms with Gasteiger partial charge in [-0.1, -0.05) is 226 Å². The Balaban J connectivity index is -0.000000670. The molecule has 0 radical (unpaired) electrons. The minimum absolute atomic E-state index is 0.730. The van der Waals surface area contributed by atoms with Gasteiger partial charge >= 0.3 is 0 Å². The van der Waals surface area contributed by atoms with Crippen LogP contribution in [-0.4, -0.2) is 49.3 Å². The molecule has 0 aliphatic rings. The third-order valence-electron chi connectivity index (χ3n) is 10.1. The maximum atomic E-state index is 10.8. The molecule has 0 fully saturated rings. The maximum absolute atomic E-state index is 10.8.